The van der Waals surface area contributed by atoms with E-state index in [1.165, 1.54) is 5.56 Å². The molecule has 3 N–H and O–H groups in total. The number of nitrogens with zero attached hydrogens (tertiary/aromatic N) is 1. The monoisotopic (exact) mass is 221 g/mol. The Morgan fingerprint density at radius 1 is 1.31 bits per heavy atom. The highest BCUT2D eigenvalue weighted by atomic mass is 16.3. The smallest absolute Gasteiger partial charge is 0.190 e. The third-order valence-electron chi connectivity index (χ3n) is 2.33. The highest BCUT2D eigenvalue weighted by Gasteiger charge is 1.95. The molecule has 16 heavy (non-hydrogen) atoms. The largest absolute Gasteiger partial charge is 0.508 e. The first kappa shape index (κ1) is 12.4. The van der Waals surface area contributed by atoms with Gasteiger partial charge in [-0.1, -0.05) is 12.1 Å². The lowest BCUT2D eigenvalue weighted by atomic mass is 10.1. The molecule has 1 rings (SSSR count). The van der Waals surface area contributed by atoms with Gasteiger partial charge in [-0.05, 0) is 30.5 Å². The van der Waals surface area contributed by atoms with Crippen molar-refractivity contribution in [2.45, 2.75) is 12.8 Å². The van der Waals surface area contributed by atoms with Crippen LogP contribution >= 0.6 is 0 Å². The normalized spacial score (nSPS) is 11.2. The van der Waals surface area contributed by atoms with Crippen LogP contribution in [-0.2, 0) is 6.42 Å². The predicted molar refractivity (Wildman–Crippen MR) is 66.8 cm³/mol. The standard InChI is InChI=1S/C12H19N3O/c1-13-12(14-2)15-9-3-4-10-5-7-11(16)8-6-10/h5-8,16H,3-4,9H2,1-2H3,(H2,13,14,15). The molecule has 0 amide bonds. The number of hydrogen-bond donors (Lipinski definition) is 3. The van der Waals surface area contributed by atoms with E-state index in [2.05, 4.69) is 15.6 Å². The molecule has 0 atom stereocenters. The van der Waals surface area contributed by atoms with Crippen LogP contribution in [0.4, 0.5) is 0 Å². The maximum absolute atomic E-state index is 9.13. The lowest BCUT2D eigenvalue weighted by molar-refractivity contribution is 0.475. The van der Waals surface area contributed by atoms with Crippen LogP contribution in [0.15, 0.2) is 29.3 Å². The van der Waals surface area contributed by atoms with Crippen molar-refractivity contribution in [1.29, 1.82) is 0 Å². The van der Waals surface area contributed by atoms with Crippen molar-refractivity contribution in [1.82, 2.24) is 10.6 Å². The third-order valence-corrected chi connectivity index (χ3v) is 2.33. The molecule has 0 radical (unpaired) electrons. The Morgan fingerprint density at radius 3 is 2.56 bits per heavy atom. The fraction of sp³-hybridized carbons (Fsp3) is 0.417. The molecule has 0 aromatic heterocycles. The average molecular weight is 221 g/mol. The highest BCUT2D eigenvalue weighted by Crippen LogP contribution is 2.10. The minimum atomic E-state index is 0.317. The fourth-order valence-corrected chi connectivity index (χ4v) is 1.44. The maximum Gasteiger partial charge on any atom is 0.190 e. The first-order chi connectivity index (χ1) is 7.76. The van der Waals surface area contributed by atoms with E-state index in [4.69, 9.17) is 5.11 Å². The summed E-state index contributed by atoms with van der Waals surface area (Å²) in [5.41, 5.74) is 1.24. The van der Waals surface area contributed by atoms with Gasteiger partial charge in [0, 0.05) is 20.6 Å². The SMILES string of the molecule is CN=C(NC)NCCCc1ccc(O)cc1. The molecule has 0 unspecified atom stereocenters. The van der Waals surface area contributed by atoms with E-state index in [1.807, 2.05) is 19.2 Å². The molecule has 0 saturated carbocycles. The molecule has 0 heterocycles. The minimum absolute atomic E-state index is 0.317. The predicted octanol–water partition coefficient (Wildman–Crippen LogP) is 1.12. The Hall–Kier alpha value is -1.71. The Balaban J connectivity index is 2.23. The van der Waals surface area contributed by atoms with E-state index in [0.717, 1.165) is 25.3 Å². The van der Waals surface area contributed by atoms with E-state index in [9.17, 15) is 0 Å². The number of aromatic hydroxyl groups is 1. The van der Waals surface area contributed by atoms with Gasteiger partial charge in [0.2, 0.25) is 0 Å². The molecular weight excluding hydrogens is 202 g/mol. The second kappa shape index (κ2) is 6.71. The second-order valence-electron chi connectivity index (χ2n) is 3.52. The van der Waals surface area contributed by atoms with Gasteiger partial charge in [-0.3, -0.25) is 4.99 Å². The van der Waals surface area contributed by atoms with Crippen molar-refractivity contribution in [3.63, 3.8) is 0 Å². The quantitative estimate of drug-likeness (QED) is 0.406. The number of guanidine groups is 1. The van der Waals surface area contributed by atoms with Gasteiger partial charge >= 0.3 is 0 Å². The van der Waals surface area contributed by atoms with E-state index in [1.54, 1.807) is 19.2 Å². The molecule has 0 fully saturated rings. The molecule has 0 aliphatic heterocycles. The van der Waals surface area contributed by atoms with Crippen LogP contribution in [0.1, 0.15) is 12.0 Å². The van der Waals surface area contributed by atoms with Crippen LogP contribution in [0.5, 0.6) is 5.75 Å². The number of hydrogen-bond acceptors (Lipinski definition) is 2. The summed E-state index contributed by atoms with van der Waals surface area (Å²) in [7, 11) is 3.59. The summed E-state index contributed by atoms with van der Waals surface area (Å²) >= 11 is 0. The lowest BCUT2D eigenvalue weighted by Crippen LogP contribution is -2.35. The molecule has 1 aromatic carbocycles. The second-order valence-corrected chi connectivity index (χ2v) is 3.52. The molecule has 1 aromatic rings. The van der Waals surface area contributed by atoms with E-state index >= 15 is 0 Å². The third kappa shape index (κ3) is 4.21. The van der Waals surface area contributed by atoms with Crippen molar-refractivity contribution in [3.8, 4) is 5.75 Å². The zero-order chi connectivity index (χ0) is 11.8. The van der Waals surface area contributed by atoms with Crippen LogP contribution in [0.25, 0.3) is 0 Å². The molecule has 4 heteroatoms. The zero-order valence-electron chi connectivity index (χ0n) is 9.83. The Bertz CT molecular complexity index is 333. The minimum Gasteiger partial charge on any atom is -0.508 e. The summed E-state index contributed by atoms with van der Waals surface area (Å²) in [5, 5.41) is 15.3. The number of rotatable bonds is 4. The molecule has 0 bridgehead atoms. The average Bonchev–Trinajstić information content (AvgIpc) is 2.32. The maximum atomic E-state index is 9.13. The molecule has 88 valence electrons. The lowest BCUT2D eigenvalue weighted by Gasteiger charge is -2.08. The fourth-order valence-electron chi connectivity index (χ4n) is 1.44. The van der Waals surface area contributed by atoms with Crippen LogP contribution in [0.3, 0.4) is 0 Å². The van der Waals surface area contributed by atoms with Gasteiger partial charge in [0.1, 0.15) is 5.75 Å². The first-order valence-corrected chi connectivity index (χ1v) is 5.42. The number of benzene rings is 1. The van der Waals surface area contributed by atoms with Crippen LogP contribution in [-0.4, -0.2) is 31.7 Å². The number of nitrogens with one attached hydrogen (secondary N) is 2. The van der Waals surface area contributed by atoms with E-state index < -0.39 is 0 Å². The zero-order valence-corrected chi connectivity index (χ0v) is 9.83. The van der Waals surface area contributed by atoms with Crippen LogP contribution in [0, 0.1) is 0 Å². The number of aliphatic imine (C=N–C) groups is 1. The van der Waals surface area contributed by atoms with Crippen molar-refractivity contribution in [2.75, 3.05) is 20.6 Å². The Labute approximate surface area is 96.4 Å². The first-order valence-electron chi connectivity index (χ1n) is 5.42. The Morgan fingerprint density at radius 2 is 2.00 bits per heavy atom. The van der Waals surface area contributed by atoms with Gasteiger partial charge in [-0.25, -0.2) is 0 Å². The molecule has 0 saturated heterocycles. The van der Waals surface area contributed by atoms with Crippen LogP contribution < -0.4 is 10.6 Å². The van der Waals surface area contributed by atoms with Gasteiger partial charge in [-0.15, -0.1) is 0 Å². The van der Waals surface area contributed by atoms with Crippen molar-refractivity contribution < 1.29 is 5.11 Å². The molecule has 4 nitrogen and oxygen atoms in total. The summed E-state index contributed by atoms with van der Waals surface area (Å²) in [6.45, 7) is 0.883. The summed E-state index contributed by atoms with van der Waals surface area (Å²) in [6, 6.07) is 7.33. The molecule has 0 aliphatic carbocycles. The number of phenolic OH excluding ortho intramolecular Hbond substituents is 1. The number of phenols is 1. The number of aryl methyl sites for hydroxylation is 1. The molecule has 0 aliphatic rings. The Kier molecular flexibility index (Phi) is 5.19. The summed E-state index contributed by atoms with van der Waals surface area (Å²) in [6.07, 6.45) is 2.03. The molecular formula is C12H19N3O. The van der Waals surface area contributed by atoms with Gasteiger partial charge in [0.05, 0.1) is 0 Å². The van der Waals surface area contributed by atoms with Gasteiger partial charge in [0.15, 0.2) is 5.96 Å². The highest BCUT2D eigenvalue weighted by molar-refractivity contribution is 5.79. The van der Waals surface area contributed by atoms with Crippen molar-refractivity contribution in [2.24, 2.45) is 4.99 Å². The van der Waals surface area contributed by atoms with Gasteiger partial charge in [-0.2, -0.15) is 0 Å². The van der Waals surface area contributed by atoms with Gasteiger partial charge < -0.3 is 15.7 Å². The van der Waals surface area contributed by atoms with Crippen molar-refractivity contribution in [3.05, 3.63) is 29.8 Å². The summed E-state index contributed by atoms with van der Waals surface area (Å²) < 4.78 is 0. The van der Waals surface area contributed by atoms with E-state index in [0.29, 0.717) is 5.75 Å². The topological polar surface area (TPSA) is 56.7 Å². The van der Waals surface area contributed by atoms with E-state index in [-0.39, 0.29) is 0 Å². The molecule has 0 spiro atoms. The van der Waals surface area contributed by atoms with Gasteiger partial charge in [0.25, 0.3) is 0 Å². The van der Waals surface area contributed by atoms with Crippen molar-refractivity contribution >= 4 is 5.96 Å². The summed E-state index contributed by atoms with van der Waals surface area (Å²) in [4.78, 5) is 4.02. The van der Waals surface area contributed by atoms with Crippen LogP contribution in [0.2, 0.25) is 0 Å². The summed E-state index contributed by atoms with van der Waals surface area (Å²) in [5.74, 6) is 1.13.